The highest BCUT2D eigenvalue weighted by Gasteiger charge is 2.22. The van der Waals surface area contributed by atoms with Crippen LogP contribution in [0.4, 0.5) is 5.13 Å². The number of nitrogens with zero attached hydrogens (tertiary/aromatic N) is 3. The summed E-state index contributed by atoms with van der Waals surface area (Å²) in [5, 5.41) is 4.02. The van der Waals surface area contributed by atoms with Gasteiger partial charge in [0, 0.05) is 39.3 Å². The number of hydrogen-bond acceptors (Lipinski definition) is 8. The molecule has 0 radical (unpaired) electrons. The maximum Gasteiger partial charge on any atom is 0.255 e. The average Bonchev–Trinajstić information content (AvgIpc) is 3.39. The number of hydrogen-bond donors (Lipinski definition) is 1. The predicted octanol–water partition coefficient (Wildman–Crippen LogP) is 4.66. The SMILES string of the molecule is COc1ccc(OC)c2sc(N3CCN(CCNC(=O)c4ccccc4Oc4ccccc4)CC3)nc12. The number of methoxy groups -OCH3 is 2. The summed E-state index contributed by atoms with van der Waals surface area (Å²) in [6, 6.07) is 20.6. The molecule has 0 unspecified atom stereocenters. The van der Waals surface area contributed by atoms with Crippen molar-refractivity contribution in [1.82, 2.24) is 15.2 Å². The Morgan fingerprint density at radius 2 is 1.59 bits per heavy atom. The third-order valence-electron chi connectivity index (χ3n) is 6.36. The van der Waals surface area contributed by atoms with Gasteiger partial charge in [0.1, 0.15) is 33.2 Å². The lowest BCUT2D eigenvalue weighted by molar-refractivity contribution is 0.0945. The molecular formula is C28H30N4O4S. The molecule has 5 rings (SSSR count). The Hall–Kier alpha value is -3.82. The van der Waals surface area contributed by atoms with Crippen LogP contribution in [0.1, 0.15) is 10.4 Å². The molecule has 1 amide bonds. The number of carbonyl (C=O) groups is 1. The summed E-state index contributed by atoms with van der Waals surface area (Å²) in [4.78, 5) is 22.4. The molecule has 2 heterocycles. The highest BCUT2D eigenvalue weighted by atomic mass is 32.1. The maximum absolute atomic E-state index is 12.9. The first kappa shape index (κ1) is 24.9. The molecule has 1 aromatic heterocycles. The lowest BCUT2D eigenvalue weighted by Crippen LogP contribution is -2.48. The van der Waals surface area contributed by atoms with Crippen molar-refractivity contribution in [1.29, 1.82) is 0 Å². The number of para-hydroxylation sites is 2. The van der Waals surface area contributed by atoms with Gasteiger partial charge in [0.15, 0.2) is 5.13 Å². The summed E-state index contributed by atoms with van der Waals surface area (Å²) in [6.07, 6.45) is 0. The maximum atomic E-state index is 12.9. The molecule has 1 fully saturated rings. The van der Waals surface area contributed by atoms with Crippen molar-refractivity contribution in [2.75, 3.05) is 58.4 Å². The van der Waals surface area contributed by atoms with Crippen LogP contribution in [0.5, 0.6) is 23.0 Å². The third kappa shape index (κ3) is 5.63. The van der Waals surface area contributed by atoms with Gasteiger partial charge in [0.25, 0.3) is 5.91 Å². The van der Waals surface area contributed by atoms with Gasteiger partial charge < -0.3 is 24.4 Å². The number of nitrogens with one attached hydrogen (secondary N) is 1. The summed E-state index contributed by atoms with van der Waals surface area (Å²) in [5.41, 5.74) is 1.36. The van der Waals surface area contributed by atoms with E-state index in [0.29, 0.717) is 23.6 Å². The minimum Gasteiger partial charge on any atom is -0.495 e. The van der Waals surface area contributed by atoms with Crippen molar-refractivity contribution in [2.45, 2.75) is 0 Å². The lowest BCUT2D eigenvalue weighted by atomic mass is 10.2. The minimum absolute atomic E-state index is 0.137. The van der Waals surface area contributed by atoms with Crippen LogP contribution in [0.25, 0.3) is 10.2 Å². The Morgan fingerprint density at radius 1 is 0.892 bits per heavy atom. The number of thiazole rings is 1. The zero-order valence-corrected chi connectivity index (χ0v) is 21.8. The molecule has 1 aliphatic heterocycles. The fourth-order valence-electron chi connectivity index (χ4n) is 4.35. The highest BCUT2D eigenvalue weighted by Crippen LogP contribution is 2.40. The normalized spacial score (nSPS) is 13.9. The van der Waals surface area contributed by atoms with E-state index in [1.165, 1.54) is 0 Å². The summed E-state index contributed by atoms with van der Waals surface area (Å²) >= 11 is 1.63. The summed E-state index contributed by atoms with van der Waals surface area (Å²) < 4.78 is 18.0. The first-order valence-electron chi connectivity index (χ1n) is 12.2. The number of carbonyl (C=O) groups excluding carboxylic acids is 1. The molecule has 1 N–H and O–H groups in total. The van der Waals surface area contributed by atoms with E-state index in [-0.39, 0.29) is 5.91 Å². The molecule has 1 aliphatic rings. The summed E-state index contributed by atoms with van der Waals surface area (Å²) in [7, 11) is 3.33. The van der Waals surface area contributed by atoms with Crippen LogP contribution in [0.3, 0.4) is 0 Å². The first-order valence-corrected chi connectivity index (χ1v) is 13.1. The van der Waals surface area contributed by atoms with Gasteiger partial charge in [-0.2, -0.15) is 0 Å². The second-order valence-corrected chi connectivity index (χ2v) is 9.62. The van der Waals surface area contributed by atoms with Gasteiger partial charge in [-0.15, -0.1) is 0 Å². The third-order valence-corrected chi connectivity index (χ3v) is 7.49. The summed E-state index contributed by atoms with van der Waals surface area (Å²) in [5.74, 6) is 2.67. The van der Waals surface area contributed by atoms with E-state index in [0.717, 1.165) is 59.6 Å². The van der Waals surface area contributed by atoms with Gasteiger partial charge in [-0.3, -0.25) is 9.69 Å². The van der Waals surface area contributed by atoms with Crippen molar-refractivity contribution >= 4 is 32.6 Å². The second kappa shape index (κ2) is 11.5. The Morgan fingerprint density at radius 3 is 2.35 bits per heavy atom. The number of fused-ring (bicyclic) bond motifs is 1. The van der Waals surface area contributed by atoms with Gasteiger partial charge in [0.2, 0.25) is 0 Å². The highest BCUT2D eigenvalue weighted by molar-refractivity contribution is 7.22. The number of anilines is 1. The van der Waals surface area contributed by atoms with Crippen molar-refractivity contribution in [3.8, 4) is 23.0 Å². The zero-order valence-electron chi connectivity index (χ0n) is 21.0. The number of ether oxygens (including phenoxy) is 3. The lowest BCUT2D eigenvalue weighted by Gasteiger charge is -2.34. The monoisotopic (exact) mass is 518 g/mol. The van der Waals surface area contributed by atoms with E-state index >= 15 is 0 Å². The molecular weight excluding hydrogens is 488 g/mol. The van der Waals surface area contributed by atoms with Gasteiger partial charge in [-0.25, -0.2) is 4.98 Å². The fourth-order valence-corrected chi connectivity index (χ4v) is 5.48. The molecule has 0 saturated carbocycles. The van der Waals surface area contributed by atoms with E-state index in [9.17, 15) is 4.79 Å². The zero-order chi connectivity index (χ0) is 25.6. The van der Waals surface area contributed by atoms with E-state index in [1.54, 1.807) is 31.6 Å². The Labute approximate surface area is 220 Å². The van der Waals surface area contributed by atoms with Crippen LogP contribution in [0, 0.1) is 0 Å². The van der Waals surface area contributed by atoms with E-state index in [2.05, 4.69) is 15.1 Å². The number of aromatic nitrogens is 1. The molecule has 9 heteroatoms. The van der Waals surface area contributed by atoms with Crippen molar-refractivity contribution in [3.05, 3.63) is 72.3 Å². The molecule has 0 atom stereocenters. The average molecular weight is 519 g/mol. The van der Waals surface area contributed by atoms with Crippen molar-refractivity contribution < 1.29 is 19.0 Å². The van der Waals surface area contributed by atoms with Crippen LogP contribution in [0.2, 0.25) is 0 Å². The molecule has 0 bridgehead atoms. The smallest absolute Gasteiger partial charge is 0.255 e. The molecule has 37 heavy (non-hydrogen) atoms. The molecule has 1 saturated heterocycles. The molecule has 0 spiro atoms. The van der Waals surface area contributed by atoms with E-state index in [1.807, 2.05) is 60.7 Å². The number of piperazine rings is 1. The fraction of sp³-hybridized carbons (Fsp3) is 0.286. The Balaban J connectivity index is 1.14. The largest absolute Gasteiger partial charge is 0.495 e. The standard InChI is InChI=1S/C28H30N4O4S/c1-34-23-12-13-24(35-2)26-25(23)30-28(37-26)32-18-16-31(17-19-32)15-14-29-27(33)21-10-6-7-11-22(21)36-20-8-4-3-5-9-20/h3-13H,14-19H2,1-2H3,(H,29,33). The predicted molar refractivity (Wildman–Crippen MR) is 147 cm³/mol. The molecule has 4 aromatic rings. The molecule has 0 aliphatic carbocycles. The molecule has 3 aromatic carbocycles. The summed E-state index contributed by atoms with van der Waals surface area (Å²) in [6.45, 7) is 4.87. The van der Waals surface area contributed by atoms with Crippen molar-refractivity contribution in [2.24, 2.45) is 0 Å². The van der Waals surface area contributed by atoms with Crippen molar-refractivity contribution in [3.63, 3.8) is 0 Å². The van der Waals surface area contributed by atoms with Gasteiger partial charge in [0.05, 0.1) is 19.8 Å². The molecule has 8 nitrogen and oxygen atoms in total. The van der Waals surface area contributed by atoms with Crippen LogP contribution in [-0.4, -0.2) is 69.3 Å². The van der Waals surface area contributed by atoms with Crippen LogP contribution >= 0.6 is 11.3 Å². The molecule has 192 valence electrons. The Kier molecular flexibility index (Phi) is 7.72. The van der Waals surface area contributed by atoms with Crippen LogP contribution < -0.4 is 24.4 Å². The van der Waals surface area contributed by atoms with Crippen LogP contribution in [-0.2, 0) is 0 Å². The Bertz CT molecular complexity index is 1310. The van der Waals surface area contributed by atoms with E-state index in [4.69, 9.17) is 19.2 Å². The van der Waals surface area contributed by atoms with E-state index < -0.39 is 0 Å². The number of amides is 1. The van der Waals surface area contributed by atoms with Gasteiger partial charge >= 0.3 is 0 Å². The first-order chi connectivity index (χ1) is 18.2. The topological polar surface area (TPSA) is 76.2 Å². The van der Waals surface area contributed by atoms with Gasteiger partial charge in [-0.05, 0) is 36.4 Å². The minimum atomic E-state index is -0.137. The second-order valence-electron chi connectivity index (χ2n) is 8.64. The number of rotatable bonds is 9. The van der Waals surface area contributed by atoms with Gasteiger partial charge in [-0.1, -0.05) is 41.7 Å². The number of benzene rings is 3. The van der Waals surface area contributed by atoms with Crippen LogP contribution in [0.15, 0.2) is 66.7 Å². The quantitative estimate of drug-likeness (QED) is 0.345.